The van der Waals surface area contributed by atoms with Crippen LogP contribution >= 0.6 is 0 Å². The number of hydrogen-bond donors (Lipinski definition) is 2. The molecule has 1 fully saturated rings. The lowest BCUT2D eigenvalue weighted by Crippen LogP contribution is -2.33. The second-order valence-corrected chi connectivity index (χ2v) is 3.51. The maximum absolute atomic E-state index is 7.28. The van der Waals surface area contributed by atoms with E-state index < -0.39 is 0 Å². The monoisotopic (exact) mass is 182 g/mol. The molecular weight excluding hydrogens is 164 g/mol. The van der Waals surface area contributed by atoms with Gasteiger partial charge in [-0.15, -0.1) is 0 Å². The second-order valence-electron chi connectivity index (χ2n) is 3.51. The van der Waals surface area contributed by atoms with Gasteiger partial charge < -0.3 is 15.5 Å². The standard InChI is InChI=1S/C10H18N2O/c1-8(11)7-9(2)12-10-5-3-4-6-13-10/h7,10-12H,3-6H2,1-2H3/b9-7-,11-8?. The highest BCUT2D eigenvalue weighted by molar-refractivity contribution is 5.90. The number of allylic oxidation sites excluding steroid dienone is 2. The Balaban J connectivity index is 2.33. The summed E-state index contributed by atoms with van der Waals surface area (Å²) in [6, 6.07) is 0. The van der Waals surface area contributed by atoms with E-state index in [4.69, 9.17) is 10.1 Å². The number of ether oxygens (including phenoxy) is 1. The van der Waals surface area contributed by atoms with Crippen LogP contribution in [0.3, 0.4) is 0 Å². The second kappa shape index (κ2) is 5.02. The van der Waals surface area contributed by atoms with Crippen molar-refractivity contribution in [3.05, 3.63) is 11.8 Å². The fraction of sp³-hybridized carbons (Fsp3) is 0.700. The van der Waals surface area contributed by atoms with E-state index in [1.54, 1.807) is 6.92 Å². The molecule has 1 rings (SSSR count). The van der Waals surface area contributed by atoms with Gasteiger partial charge in [0.1, 0.15) is 6.23 Å². The largest absolute Gasteiger partial charge is 0.364 e. The molecule has 0 amide bonds. The van der Waals surface area contributed by atoms with Gasteiger partial charge in [0.2, 0.25) is 0 Å². The van der Waals surface area contributed by atoms with Gasteiger partial charge >= 0.3 is 0 Å². The van der Waals surface area contributed by atoms with Crippen LogP contribution in [0.2, 0.25) is 0 Å². The highest BCUT2D eigenvalue weighted by Gasteiger charge is 2.12. The van der Waals surface area contributed by atoms with Gasteiger partial charge in [-0.05, 0) is 39.2 Å². The molecule has 74 valence electrons. The third-order valence-electron chi connectivity index (χ3n) is 2.00. The quantitative estimate of drug-likeness (QED) is 0.656. The van der Waals surface area contributed by atoms with E-state index >= 15 is 0 Å². The van der Waals surface area contributed by atoms with Crippen LogP contribution < -0.4 is 5.32 Å². The van der Waals surface area contributed by atoms with Gasteiger partial charge in [-0.3, -0.25) is 0 Å². The number of rotatable bonds is 3. The SMILES string of the molecule is CC(=N)/C=C(/C)NC1CCCCO1. The first-order chi connectivity index (χ1) is 6.18. The predicted molar refractivity (Wildman–Crippen MR) is 53.9 cm³/mol. The predicted octanol–water partition coefficient (Wildman–Crippen LogP) is 2.05. The Labute approximate surface area is 79.7 Å². The minimum absolute atomic E-state index is 0.157. The third-order valence-corrected chi connectivity index (χ3v) is 2.00. The molecule has 3 nitrogen and oxygen atoms in total. The summed E-state index contributed by atoms with van der Waals surface area (Å²) in [5.74, 6) is 0. The Bertz CT molecular complexity index is 205. The Morgan fingerprint density at radius 1 is 1.46 bits per heavy atom. The lowest BCUT2D eigenvalue weighted by atomic mass is 10.2. The summed E-state index contributed by atoms with van der Waals surface area (Å²) in [7, 11) is 0. The Morgan fingerprint density at radius 3 is 2.77 bits per heavy atom. The topological polar surface area (TPSA) is 45.1 Å². The Morgan fingerprint density at radius 2 is 2.23 bits per heavy atom. The van der Waals surface area contributed by atoms with Crippen molar-refractivity contribution < 1.29 is 4.74 Å². The molecule has 0 aliphatic carbocycles. The van der Waals surface area contributed by atoms with Crippen molar-refractivity contribution >= 4 is 5.71 Å². The maximum Gasteiger partial charge on any atom is 0.127 e. The van der Waals surface area contributed by atoms with E-state index in [-0.39, 0.29) is 6.23 Å². The summed E-state index contributed by atoms with van der Waals surface area (Å²) in [5.41, 5.74) is 1.58. The fourth-order valence-corrected chi connectivity index (χ4v) is 1.47. The van der Waals surface area contributed by atoms with Crippen LogP contribution in [0.15, 0.2) is 11.8 Å². The van der Waals surface area contributed by atoms with E-state index in [0.717, 1.165) is 18.7 Å². The molecule has 13 heavy (non-hydrogen) atoms. The van der Waals surface area contributed by atoms with Crippen LogP contribution in [-0.2, 0) is 4.74 Å². The molecular formula is C10H18N2O. The zero-order valence-corrected chi connectivity index (χ0v) is 8.39. The van der Waals surface area contributed by atoms with Gasteiger partial charge in [0.05, 0.1) is 0 Å². The van der Waals surface area contributed by atoms with Gasteiger partial charge in [-0.1, -0.05) is 0 Å². The molecule has 1 atom stereocenters. The molecule has 0 aromatic heterocycles. The van der Waals surface area contributed by atoms with Crippen molar-refractivity contribution in [2.75, 3.05) is 6.61 Å². The zero-order valence-electron chi connectivity index (χ0n) is 8.39. The first-order valence-electron chi connectivity index (χ1n) is 4.80. The number of hydrogen-bond acceptors (Lipinski definition) is 3. The van der Waals surface area contributed by atoms with Crippen molar-refractivity contribution in [3.63, 3.8) is 0 Å². The van der Waals surface area contributed by atoms with E-state index in [1.165, 1.54) is 12.8 Å². The van der Waals surface area contributed by atoms with E-state index in [9.17, 15) is 0 Å². The molecule has 0 saturated carbocycles. The van der Waals surface area contributed by atoms with Gasteiger partial charge in [0, 0.05) is 18.0 Å². The van der Waals surface area contributed by atoms with Gasteiger partial charge in [0.25, 0.3) is 0 Å². The van der Waals surface area contributed by atoms with Crippen LogP contribution in [-0.4, -0.2) is 18.5 Å². The molecule has 3 heteroatoms. The van der Waals surface area contributed by atoms with Crippen LogP contribution in [0.1, 0.15) is 33.1 Å². The van der Waals surface area contributed by atoms with Crippen LogP contribution in [0.4, 0.5) is 0 Å². The average molecular weight is 182 g/mol. The summed E-state index contributed by atoms with van der Waals surface area (Å²) in [6.07, 6.45) is 5.45. The summed E-state index contributed by atoms with van der Waals surface area (Å²) in [6.45, 7) is 4.59. The lowest BCUT2D eigenvalue weighted by molar-refractivity contribution is 0.00119. The van der Waals surface area contributed by atoms with Gasteiger partial charge in [-0.25, -0.2) is 0 Å². The van der Waals surface area contributed by atoms with Crippen LogP contribution in [0, 0.1) is 5.41 Å². The van der Waals surface area contributed by atoms with Crippen LogP contribution in [0.5, 0.6) is 0 Å². The highest BCUT2D eigenvalue weighted by Crippen LogP contribution is 2.11. The van der Waals surface area contributed by atoms with Gasteiger partial charge in [0.15, 0.2) is 0 Å². The average Bonchev–Trinajstić information content (AvgIpc) is 2.04. The first kappa shape index (κ1) is 10.3. The summed E-state index contributed by atoms with van der Waals surface area (Å²) < 4.78 is 5.51. The smallest absolute Gasteiger partial charge is 0.127 e. The summed E-state index contributed by atoms with van der Waals surface area (Å²) in [4.78, 5) is 0. The minimum Gasteiger partial charge on any atom is -0.364 e. The van der Waals surface area contributed by atoms with Crippen molar-refractivity contribution in [2.24, 2.45) is 0 Å². The zero-order chi connectivity index (χ0) is 9.68. The molecule has 2 N–H and O–H groups in total. The van der Waals surface area contributed by atoms with E-state index in [2.05, 4.69) is 5.32 Å². The third kappa shape index (κ3) is 4.08. The molecule has 0 aromatic rings. The molecule has 1 aliphatic heterocycles. The lowest BCUT2D eigenvalue weighted by Gasteiger charge is -2.24. The molecule has 0 aromatic carbocycles. The highest BCUT2D eigenvalue weighted by atomic mass is 16.5. The molecule has 1 unspecified atom stereocenters. The molecule has 1 heterocycles. The van der Waals surface area contributed by atoms with Crippen LogP contribution in [0.25, 0.3) is 0 Å². The first-order valence-corrected chi connectivity index (χ1v) is 4.80. The van der Waals surface area contributed by atoms with Gasteiger partial charge in [-0.2, -0.15) is 0 Å². The Hall–Kier alpha value is -0.830. The van der Waals surface area contributed by atoms with Crippen molar-refractivity contribution in [1.29, 1.82) is 5.41 Å². The van der Waals surface area contributed by atoms with E-state index in [1.807, 2.05) is 13.0 Å². The molecule has 1 saturated heterocycles. The molecule has 0 bridgehead atoms. The molecule has 1 aliphatic rings. The number of nitrogens with one attached hydrogen (secondary N) is 2. The fourth-order valence-electron chi connectivity index (χ4n) is 1.47. The normalized spacial score (nSPS) is 24.2. The maximum atomic E-state index is 7.28. The molecule has 0 radical (unpaired) electrons. The van der Waals surface area contributed by atoms with Crippen molar-refractivity contribution in [2.45, 2.75) is 39.3 Å². The summed E-state index contributed by atoms with van der Waals surface area (Å²) in [5, 5.41) is 10.5. The Kier molecular flexibility index (Phi) is 3.96. The van der Waals surface area contributed by atoms with E-state index in [0.29, 0.717) is 5.71 Å². The van der Waals surface area contributed by atoms with Crippen molar-refractivity contribution in [1.82, 2.24) is 5.32 Å². The molecule has 0 spiro atoms. The minimum atomic E-state index is 0.157. The summed E-state index contributed by atoms with van der Waals surface area (Å²) >= 11 is 0. The van der Waals surface area contributed by atoms with Crippen molar-refractivity contribution in [3.8, 4) is 0 Å².